The van der Waals surface area contributed by atoms with E-state index in [-0.39, 0.29) is 0 Å². The number of aromatic nitrogens is 1. The molecule has 4 rings (SSSR count). The van der Waals surface area contributed by atoms with Gasteiger partial charge in [0.15, 0.2) is 0 Å². The zero-order valence-electron chi connectivity index (χ0n) is 14.1. The lowest BCUT2D eigenvalue weighted by Crippen LogP contribution is -2.48. The molecule has 1 aromatic heterocycles. The third-order valence-corrected chi connectivity index (χ3v) is 6.38. The Balaban J connectivity index is 1.28. The Bertz CT molecular complexity index is 666. The summed E-state index contributed by atoms with van der Waals surface area (Å²) < 4.78 is 1.26. The van der Waals surface area contributed by atoms with Crippen LogP contribution in [0.3, 0.4) is 0 Å². The van der Waals surface area contributed by atoms with Gasteiger partial charge in [0.2, 0.25) is 5.91 Å². The number of amides is 1. The summed E-state index contributed by atoms with van der Waals surface area (Å²) in [6.07, 6.45) is 5.91. The fourth-order valence-corrected chi connectivity index (χ4v) is 4.93. The Labute approximate surface area is 147 Å². The fourth-order valence-electron chi connectivity index (χ4n) is 3.92. The first-order chi connectivity index (χ1) is 11.8. The lowest BCUT2D eigenvalue weighted by molar-refractivity contribution is -0.134. The molecule has 2 aliphatic rings. The van der Waals surface area contributed by atoms with E-state index >= 15 is 0 Å². The number of hydrogen-bond acceptors (Lipinski definition) is 4. The number of thiazole rings is 1. The minimum Gasteiger partial charge on any atom is -0.340 e. The standard InChI is InChI=1S/C19H25N3OS/c23-19(13-15-5-1-2-6-15)22-11-9-21(10-12-22)14-18-20-16-7-3-4-8-17(16)24-18/h3-4,7-8,15H,1-2,5-6,9-14H2. The topological polar surface area (TPSA) is 36.4 Å². The highest BCUT2D eigenvalue weighted by Crippen LogP contribution is 2.28. The SMILES string of the molecule is O=C(CC1CCCC1)N1CCN(Cc2nc3ccccc3s2)CC1. The molecule has 1 aliphatic heterocycles. The fraction of sp³-hybridized carbons (Fsp3) is 0.579. The van der Waals surface area contributed by atoms with Crippen LogP contribution in [-0.4, -0.2) is 46.9 Å². The lowest BCUT2D eigenvalue weighted by atomic mass is 10.0. The molecule has 1 amide bonds. The molecule has 128 valence electrons. The molecule has 0 N–H and O–H groups in total. The molecule has 2 fully saturated rings. The van der Waals surface area contributed by atoms with E-state index in [0.29, 0.717) is 11.8 Å². The highest BCUT2D eigenvalue weighted by molar-refractivity contribution is 7.18. The molecule has 1 saturated carbocycles. The Morgan fingerprint density at radius 2 is 1.88 bits per heavy atom. The van der Waals surface area contributed by atoms with Gasteiger partial charge >= 0.3 is 0 Å². The molecule has 0 unspecified atom stereocenters. The molecule has 0 atom stereocenters. The quantitative estimate of drug-likeness (QED) is 0.852. The van der Waals surface area contributed by atoms with Gasteiger partial charge < -0.3 is 4.90 Å². The van der Waals surface area contributed by atoms with E-state index in [4.69, 9.17) is 4.98 Å². The van der Waals surface area contributed by atoms with Crippen LogP contribution in [0.15, 0.2) is 24.3 Å². The molecule has 24 heavy (non-hydrogen) atoms. The summed E-state index contributed by atoms with van der Waals surface area (Å²) in [5.41, 5.74) is 1.10. The van der Waals surface area contributed by atoms with Crippen molar-refractivity contribution in [3.05, 3.63) is 29.3 Å². The molecule has 2 aromatic rings. The summed E-state index contributed by atoms with van der Waals surface area (Å²) in [6.45, 7) is 4.58. The maximum Gasteiger partial charge on any atom is 0.222 e. The number of piperazine rings is 1. The summed E-state index contributed by atoms with van der Waals surface area (Å²) >= 11 is 1.79. The van der Waals surface area contributed by atoms with Crippen molar-refractivity contribution in [3.8, 4) is 0 Å². The predicted molar refractivity (Wildman–Crippen MR) is 98.1 cm³/mol. The molecule has 1 aliphatic carbocycles. The van der Waals surface area contributed by atoms with Crippen LogP contribution in [0.1, 0.15) is 37.1 Å². The van der Waals surface area contributed by atoms with Crippen LogP contribution < -0.4 is 0 Å². The minimum absolute atomic E-state index is 0.376. The maximum absolute atomic E-state index is 12.4. The maximum atomic E-state index is 12.4. The van der Waals surface area contributed by atoms with Crippen molar-refractivity contribution in [3.63, 3.8) is 0 Å². The third-order valence-electron chi connectivity index (χ3n) is 5.36. The first-order valence-electron chi connectivity index (χ1n) is 9.12. The second-order valence-corrected chi connectivity index (χ2v) is 8.20. The van der Waals surface area contributed by atoms with Gasteiger partial charge in [-0.3, -0.25) is 9.69 Å². The Kier molecular flexibility index (Phi) is 4.81. The number of benzene rings is 1. The first kappa shape index (κ1) is 16.0. The average Bonchev–Trinajstić information content (AvgIpc) is 3.24. The van der Waals surface area contributed by atoms with Gasteiger partial charge in [0, 0.05) is 32.6 Å². The van der Waals surface area contributed by atoms with Gasteiger partial charge in [0.1, 0.15) is 5.01 Å². The summed E-state index contributed by atoms with van der Waals surface area (Å²) in [5, 5.41) is 1.18. The second-order valence-electron chi connectivity index (χ2n) is 7.09. The summed E-state index contributed by atoms with van der Waals surface area (Å²) in [6, 6.07) is 8.32. The number of para-hydroxylation sites is 1. The van der Waals surface area contributed by atoms with Gasteiger partial charge in [0.25, 0.3) is 0 Å². The number of carbonyl (C=O) groups excluding carboxylic acids is 1. The van der Waals surface area contributed by atoms with Gasteiger partial charge in [-0.25, -0.2) is 4.98 Å². The van der Waals surface area contributed by atoms with Crippen molar-refractivity contribution < 1.29 is 4.79 Å². The zero-order chi connectivity index (χ0) is 16.4. The van der Waals surface area contributed by atoms with Crippen molar-refractivity contribution in [2.24, 2.45) is 5.92 Å². The number of carbonyl (C=O) groups is 1. The van der Waals surface area contributed by atoms with E-state index in [0.717, 1.165) is 44.7 Å². The van der Waals surface area contributed by atoms with E-state index in [2.05, 4.69) is 28.0 Å². The molecular weight excluding hydrogens is 318 g/mol. The van der Waals surface area contributed by atoms with E-state index < -0.39 is 0 Å². The number of fused-ring (bicyclic) bond motifs is 1. The lowest BCUT2D eigenvalue weighted by Gasteiger charge is -2.34. The minimum atomic E-state index is 0.376. The second kappa shape index (κ2) is 7.19. The highest BCUT2D eigenvalue weighted by atomic mass is 32.1. The molecule has 0 bridgehead atoms. The van der Waals surface area contributed by atoms with Crippen molar-refractivity contribution in [1.29, 1.82) is 0 Å². The first-order valence-corrected chi connectivity index (χ1v) is 9.94. The van der Waals surface area contributed by atoms with Crippen molar-refractivity contribution in [2.75, 3.05) is 26.2 Å². The molecule has 0 radical (unpaired) electrons. The average molecular weight is 343 g/mol. The van der Waals surface area contributed by atoms with Gasteiger partial charge in [-0.1, -0.05) is 25.0 Å². The largest absolute Gasteiger partial charge is 0.340 e. The van der Waals surface area contributed by atoms with Crippen molar-refractivity contribution in [2.45, 2.75) is 38.6 Å². The summed E-state index contributed by atoms with van der Waals surface area (Å²) in [5.74, 6) is 1.03. The van der Waals surface area contributed by atoms with Crippen molar-refractivity contribution in [1.82, 2.24) is 14.8 Å². The van der Waals surface area contributed by atoms with Crippen LogP contribution in [0, 0.1) is 5.92 Å². The van der Waals surface area contributed by atoms with Gasteiger partial charge in [-0.15, -0.1) is 11.3 Å². The summed E-state index contributed by atoms with van der Waals surface area (Å²) in [7, 11) is 0. The number of hydrogen-bond donors (Lipinski definition) is 0. The third kappa shape index (κ3) is 3.62. The van der Waals surface area contributed by atoms with Crippen LogP contribution in [0.4, 0.5) is 0 Å². The van der Waals surface area contributed by atoms with Crippen LogP contribution in [0.2, 0.25) is 0 Å². The Morgan fingerprint density at radius 1 is 1.12 bits per heavy atom. The summed E-state index contributed by atoms with van der Waals surface area (Å²) in [4.78, 5) is 21.7. The Hall–Kier alpha value is -1.46. The number of nitrogens with zero attached hydrogens (tertiary/aromatic N) is 3. The smallest absolute Gasteiger partial charge is 0.222 e. The molecule has 5 heteroatoms. The van der Waals surface area contributed by atoms with Crippen LogP contribution in [0.5, 0.6) is 0 Å². The van der Waals surface area contributed by atoms with E-state index in [1.807, 2.05) is 6.07 Å². The van der Waals surface area contributed by atoms with Crippen LogP contribution in [0.25, 0.3) is 10.2 Å². The predicted octanol–water partition coefficient (Wildman–Crippen LogP) is 3.52. The normalized spacial score (nSPS) is 20.1. The van der Waals surface area contributed by atoms with Gasteiger partial charge in [-0.2, -0.15) is 0 Å². The van der Waals surface area contributed by atoms with Crippen LogP contribution >= 0.6 is 11.3 Å². The number of rotatable bonds is 4. The molecule has 4 nitrogen and oxygen atoms in total. The van der Waals surface area contributed by atoms with Gasteiger partial charge in [-0.05, 0) is 30.9 Å². The van der Waals surface area contributed by atoms with Crippen molar-refractivity contribution >= 4 is 27.5 Å². The zero-order valence-corrected chi connectivity index (χ0v) is 14.9. The van der Waals surface area contributed by atoms with E-state index in [1.165, 1.54) is 35.4 Å². The molecule has 2 heterocycles. The van der Waals surface area contributed by atoms with E-state index in [9.17, 15) is 4.79 Å². The highest BCUT2D eigenvalue weighted by Gasteiger charge is 2.25. The molecular formula is C19H25N3OS. The van der Waals surface area contributed by atoms with Crippen LogP contribution in [-0.2, 0) is 11.3 Å². The Morgan fingerprint density at radius 3 is 2.62 bits per heavy atom. The van der Waals surface area contributed by atoms with E-state index in [1.54, 1.807) is 11.3 Å². The van der Waals surface area contributed by atoms with Gasteiger partial charge in [0.05, 0.1) is 16.8 Å². The molecule has 1 aromatic carbocycles. The molecule has 1 saturated heterocycles. The monoisotopic (exact) mass is 343 g/mol. The molecule has 0 spiro atoms.